The fourth-order valence-corrected chi connectivity index (χ4v) is 1.75. The topological polar surface area (TPSA) is 51.2 Å². The molecule has 0 spiro atoms. The number of aryl methyl sites for hydroxylation is 1. The molecule has 0 unspecified atom stereocenters. The molecule has 0 saturated carbocycles. The van der Waals surface area contributed by atoms with Gasteiger partial charge in [0.15, 0.2) is 5.69 Å². The standard InChI is InChI=1S/C11H14N2O2/c1-2-15-11(14)10-9-8(5-7-13-10)4-3-6-12-9/h5,7,12H,2-4,6H2,1H3. The lowest BCUT2D eigenvalue weighted by molar-refractivity contribution is 0.0520. The SMILES string of the molecule is CCOC(=O)c1nccc2c1NCCC2. The number of hydrogen-bond acceptors (Lipinski definition) is 4. The molecular weight excluding hydrogens is 192 g/mol. The molecule has 0 aliphatic carbocycles. The van der Waals surface area contributed by atoms with E-state index in [2.05, 4.69) is 10.3 Å². The van der Waals surface area contributed by atoms with Gasteiger partial charge in [-0.15, -0.1) is 0 Å². The molecule has 0 amide bonds. The molecule has 1 aromatic heterocycles. The monoisotopic (exact) mass is 206 g/mol. The zero-order chi connectivity index (χ0) is 10.7. The number of pyridine rings is 1. The van der Waals surface area contributed by atoms with E-state index < -0.39 is 0 Å². The van der Waals surface area contributed by atoms with Crippen LogP contribution in [-0.4, -0.2) is 24.1 Å². The molecular formula is C11H14N2O2. The second kappa shape index (κ2) is 4.29. The van der Waals surface area contributed by atoms with Crippen molar-refractivity contribution in [2.24, 2.45) is 0 Å². The minimum atomic E-state index is -0.344. The highest BCUT2D eigenvalue weighted by atomic mass is 16.5. The maximum absolute atomic E-state index is 11.6. The first-order chi connectivity index (χ1) is 7.33. The summed E-state index contributed by atoms with van der Waals surface area (Å²) in [5.41, 5.74) is 2.41. The van der Waals surface area contributed by atoms with Crippen LogP contribution in [0.15, 0.2) is 12.3 Å². The summed E-state index contributed by atoms with van der Waals surface area (Å²) in [6.07, 6.45) is 3.76. The van der Waals surface area contributed by atoms with Crippen molar-refractivity contribution in [1.82, 2.24) is 4.98 Å². The Morgan fingerprint density at radius 2 is 2.53 bits per heavy atom. The van der Waals surface area contributed by atoms with Crippen molar-refractivity contribution < 1.29 is 9.53 Å². The van der Waals surface area contributed by atoms with Crippen LogP contribution in [0.4, 0.5) is 5.69 Å². The average Bonchev–Trinajstić information content (AvgIpc) is 2.28. The van der Waals surface area contributed by atoms with E-state index >= 15 is 0 Å². The summed E-state index contributed by atoms with van der Waals surface area (Å²) in [6.45, 7) is 3.07. The highest BCUT2D eigenvalue weighted by Gasteiger charge is 2.19. The van der Waals surface area contributed by atoms with E-state index in [0.29, 0.717) is 12.3 Å². The Balaban J connectivity index is 2.34. The van der Waals surface area contributed by atoms with Crippen molar-refractivity contribution >= 4 is 11.7 Å². The number of nitrogens with zero attached hydrogens (tertiary/aromatic N) is 1. The van der Waals surface area contributed by atoms with E-state index in [0.717, 1.165) is 30.6 Å². The normalized spacial score (nSPS) is 13.9. The van der Waals surface area contributed by atoms with Crippen LogP contribution in [0.5, 0.6) is 0 Å². The number of carbonyl (C=O) groups excluding carboxylic acids is 1. The first kappa shape index (κ1) is 9.96. The Labute approximate surface area is 88.7 Å². The quantitative estimate of drug-likeness (QED) is 0.747. The molecule has 80 valence electrons. The van der Waals surface area contributed by atoms with E-state index in [4.69, 9.17) is 4.74 Å². The van der Waals surface area contributed by atoms with Gasteiger partial charge >= 0.3 is 5.97 Å². The number of aromatic nitrogens is 1. The molecule has 4 nitrogen and oxygen atoms in total. The second-order valence-corrected chi connectivity index (χ2v) is 3.44. The third-order valence-corrected chi connectivity index (χ3v) is 2.43. The van der Waals surface area contributed by atoms with Gasteiger partial charge < -0.3 is 10.1 Å². The fourth-order valence-electron chi connectivity index (χ4n) is 1.75. The van der Waals surface area contributed by atoms with Gasteiger partial charge in [-0.25, -0.2) is 9.78 Å². The van der Waals surface area contributed by atoms with Gasteiger partial charge in [-0.3, -0.25) is 0 Å². The minimum absolute atomic E-state index is 0.344. The molecule has 4 heteroatoms. The van der Waals surface area contributed by atoms with Crippen LogP contribution in [0.1, 0.15) is 29.4 Å². The first-order valence-corrected chi connectivity index (χ1v) is 5.21. The summed E-state index contributed by atoms with van der Waals surface area (Å²) in [4.78, 5) is 15.7. The molecule has 1 aliphatic heterocycles. The van der Waals surface area contributed by atoms with Crippen molar-refractivity contribution in [1.29, 1.82) is 0 Å². The summed E-state index contributed by atoms with van der Waals surface area (Å²) in [6, 6.07) is 1.95. The Morgan fingerprint density at radius 3 is 3.33 bits per heavy atom. The van der Waals surface area contributed by atoms with E-state index in [1.165, 1.54) is 0 Å². The van der Waals surface area contributed by atoms with Crippen LogP contribution in [-0.2, 0) is 11.2 Å². The van der Waals surface area contributed by atoms with Crippen molar-refractivity contribution in [3.8, 4) is 0 Å². The van der Waals surface area contributed by atoms with Gasteiger partial charge in [0.2, 0.25) is 0 Å². The van der Waals surface area contributed by atoms with Crippen molar-refractivity contribution in [3.63, 3.8) is 0 Å². The maximum Gasteiger partial charge on any atom is 0.359 e. The molecule has 2 rings (SSSR count). The zero-order valence-electron chi connectivity index (χ0n) is 8.75. The van der Waals surface area contributed by atoms with E-state index in [9.17, 15) is 4.79 Å². The van der Waals surface area contributed by atoms with Gasteiger partial charge in [-0.1, -0.05) is 0 Å². The number of fused-ring (bicyclic) bond motifs is 1. The van der Waals surface area contributed by atoms with E-state index in [1.54, 1.807) is 13.1 Å². The van der Waals surface area contributed by atoms with Crippen molar-refractivity contribution in [3.05, 3.63) is 23.5 Å². The predicted molar refractivity (Wildman–Crippen MR) is 57.0 cm³/mol. The van der Waals surface area contributed by atoms with Crippen LogP contribution in [0.2, 0.25) is 0 Å². The number of rotatable bonds is 2. The average molecular weight is 206 g/mol. The molecule has 1 aliphatic rings. The molecule has 1 aromatic rings. The van der Waals surface area contributed by atoms with Gasteiger partial charge in [-0.2, -0.15) is 0 Å². The van der Waals surface area contributed by atoms with Crippen LogP contribution in [0, 0.1) is 0 Å². The summed E-state index contributed by atoms with van der Waals surface area (Å²) >= 11 is 0. The number of esters is 1. The third kappa shape index (κ3) is 1.93. The third-order valence-electron chi connectivity index (χ3n) is 2.43. The number of ether oxygens (including phenoxy) is 1. The number of anilines is 1. The smallest absolute Gasteiger partial charge is 0.359 e. The predicted octanol–water partition coefficient (Wildman–Crippen LogP) is 1.62. The number of nitrogens with one attached hydrogen (secondary N) is 1. The van der Waals surface area contributed by atoms with Gasteiger partial charge in [0, 0.05) is 12.7 Å². The van der Waals surface area contributed by atoms with E-state index in [1.807, 2.05) is 6.07 Å². The van der Waals surface area contributed by atoms with Crippen molar-refractivity contribution in [2.75, 3.05) is 18.5 Å². The molecule has 0 atom stereocenters. The van der Waals surface area contributed by atoms with Crippen LogP contribution >= 0.6 is 0 Å². The second-order valence-electron chi connectivity index (χ2n) is 3.44. The molecule has 2 heterocycles. The molecule has 0 bridgehead atoms. The Morgan fingerprint density at radius 1 is 1.67 bits per heavy atom. The lowest BCUT2D eigenvalue weighted by Crippen LogP contribution is -2.18. The van der Waals surface area contributed by atoms with Gasteiger partial charge in [-0.05, 0) is 31.4 Å². The minimum Gasteiger partial charge on any atom is -0.461 e. The summed E-state index contributed by atoms with van der Waals surface area (Å²) < 4.78 is 4.95. The molecule has 0 saturated heterocycles. The van der Waals surface area contributed by atoms with Crippen LogP contribution in [0.25, 0.3) is 0 Å². The Bertz CT molecular complexity index is 377. The Hall–Kier alpha value is -1.58. The maximum atomic E-state index is 11.6. The highest BCUT2D eigenvalue weighted by molar-refractivity contribution is 5.94. The lowest BCUT2D eigenvalue weighted by Gasteiger charge is -2.19. The van der Waals surface area contributed by atoms with Gasteiger partial charge in [0.05, 0.1) is 12.3 Å². The molecule has 0 radical (unpaired) electrons. The van der Waals surface area contributed by atoms with E-state index in [-0.39, 0.29) is 5.97 Å². The zero-order valence-corrected chi connectivity index (χ0v) is 8.75. The van der Waals surface area contributed by atoms with Gasteiger partial charge in [0.1, 0.15) is 0 Å². The van der Waals surface area contributed by atoms with Crippen molar-refractivity contribution in [2.45, 2.75) is 19.8 Å². The van der Waals surface area contributed by atoms with Gasteiger partial charge in [0.25, 0.3) is 0 Å². The first-order valence-electron chi connectivity index (χ1n) is 5.21. The number of hydrogen-bond donors (Lipinski definition) is 1. The fraction of sp³-hybridized carbons (Fsp3) is 0.455. The molecule has 0 fully saturated rings. The Kier molecular flexibility index (Phi) is 2.85. The largest absolute Gasteiger partial charge is 0.461 e. The summed E-state index contributed by atoms with van der Waals surface area (Å²) in [5.74, 6) is -0.344. The molecule has 1 N–H and O–H groups in total. The lowest BCUT2D eigenvalue weighted by atomic mass is 10.0. The number of carbonyl (C=O) groups is 1. The highest BCUT2D eigenvalue weighted by Crippen LogP contribution is 2.24. The van der Waals surface area contributed by atoms with Crippen LogP contribution in [0.3, 0.4) is 0 Å². The summed E-state index contributed by atoms with van der Waals surface area (Å²) in [7, 11) is 0. The van der Waals surface area contributed by atoms with Crippen LogP contribution < -0.4 is 5.32 Å². The molecule has 0 aromatic carbocycles. The summed E-state index contributed by atoms with van der Waals surface area (Å²) in [5, 5.41) is 3.21. The molecule has 15 heavy (non-hydrogen) atoms.